The van der Waals surface area contributed by atoms with Crippen molar-refractivity contribution in [3.8, 4) is 0 Å². The lowest BCUT2D eigenvalue weighted by Crippen LogP contribution is -2.29. The van der Waals surface area contributed by atoms with Crippen molar-refractivity contribution < 1.29 is 0 Å². The molecule has 0 radical (unpaired) electrons. The normalized spacial score (nSPS) is 10.6. The van der Waals surface area contributed by atoms with Gasteiger partial charge in [-0.3, -0.25) is 0 Å². The Bertz CT molecular complexity index is 289. The van der Waals surface area contributed by atoms with Gasteiger partial charge in [-0.1, -0.05) is 35.0 Å². The van der Waals surface area contributed by atoms with E-state index in [1.807, 2.05) is 0 Å². The molecule has 1 aromatic carbocycles. The van der Waals surface area contributed by atoms with E-state index in [-0.39, 0.29) is 0 Å². The molecule has 0 aliphatic heterocycles. The Morgan fingerprint density at radius 1 is 1.06 bits per heavy atom. The molecule has 0 bridgehead atoms. The third kappa shape index (κ3) is 6.26. The zero-order chi connectivity index (χ0) is 11.6. The van der Waals surface area contributed by atoms with Gasteiger partial charge in [0.2, 0.25) is 0 Å². The fourth-order valence-electron chi connectivity index (χ4n) is 1.53. The van der Waals surface area contributed by atoms with Gasteiger partial charge in [0.05, 0.1) is 0 Å². The van der Waals surface area contributed by atoms with Crippen LogP contribution in [0.25, 0.3) is 0 Å². The number of benzene rings is 1. The van der Waals surface area contributed by atoms with E-state index in [0.29, 0.717) is 0 Å². The summed E-state index contributed by atoms with van der Waals surface area (Å²) >= 11 is 3.48. The Kier molecular flexibility index (Phi) is 7.47. The molecule has 0 heterocycles. The van der Waals surface area contributed by atoms with E-state index >= 15 is 0 Å². The van der Waals surface area contributed by atoms with E-state index in [9.17, 15) is 0 Å². The van der Waals surface area contributed by atoms with Crippen LogP contribution in [0.3, 0.4) is 0 Å². The molecule has 0 fully saturated rings. The average Bonchev–Trinajstić information content (AvgIpc) is 2.28. The van der Waals surface area contributed by atoms with Gasteiger partial charge in [0.1, 0.15) is 0 Å². The molecule has 1 aromatic rings. The summed E-state index contributed by atoms with van der Waals surface area (Å²) in [5, 5.41) is 6.81. The zero-order valence-electron chi connectivity index (χ0n) is 9.93. The van der Waals surface area contributed by atoms with Crippen molar-refractivity contribution in [2.24, 2.45) is 0 Å². The molecular formula is C13H21BrN2. The average molecular weight is 285 g/mol. The van der Waals surface area contributed by atoms with Crippen molar-refractivity contribution in [1.82, 2.24) is 10.6 Å². The first-order chi connectivity index (χ1) is 7.83. The summed E-state index contributed by atoms with van der Waals surface area (Å²) in [7, 11) is 0. The molecule has 0 aromatic heterocycles. The first-order valence-electron chi connectivity index (χ1n) is 5.99. The Balaban J connectivity index is 2.03. The van der Waals surface area contributed by atoms with Gasteiger partial charge in [-0.15, -0.1) is 0 Å². The Morgan fingerprint density at radius 2 is 1.81 bits per heavy atom. The molecular weight excluding hydrogens is 264 g/mol. The molecule has 2 nitrogen and oxygen atoms in total. The summed E-state index contributed by atoms with van der Waals surface area (Å²) < 4.78 is 1.16. The third-order valence-electron chi connectivity index (χ3n) is 2.38. The predicted molar refractivity (Wildman–Crippen MR) is 73.9 cm³/mol. The number of nitrogens with one attached hydrogen (secondary N) is 2. The highest BCUT2D eigenvalue weighted by molar-refractivity contribution is 9.10. The SMILES string of the molecule is CCCNCCNCCc1cccc(Br)c1. The molecule has 1 rings (SSSR count). The molecule has 0 saturated carbocycles. The maximum absolute atomic E-state index is 3.48. The first-order valence-corrected chi connectivity index (χ1v) is 6.78. The van der Waals surface area contributed by atoms with Crippen molar-refractivity contribution in [1.29, 1.82) is 0 Å². The van der Waals surface area contributed by atoms with E-state index in [0.717, 1.165) is 37.1 Å². The monoisotopic (exact) mass is 284 g/mol. The van der Waals surface area contributed by atoms with Gasteiger partial charge in [0.15, 0.2) is 0 Å². The Morgan fingerprint density at radius 3 is 2.50 bits per heavy atom. The second-order valence-corrected chi connectivity index (χ2v) is 4.80. The molecule has 2 N–H and O–H groups in total. The lowest BCUT2D eigenvalue weighted by Gasteiger charge is -2.06. The Hall–Kier alpha value is -0.380. The summed E-state index contributed by atoms with van der Waals surface area (Å²) in [6, 6.07) is 8.49. The lowest BCUT2D eigenvalue weighted by atomic mass is 10.1. The van der Waals surface area contributed by atoms with Crippen molar-refractivity contribution >= 4 is 15.9 Å². The van der Waals surface area contributed by atoms with E-state index in [2.05, 4.69) is 57.8 Å². The van der Waals surface area contributed by atoms with Crippen molar-refractivity contribution in [3.05, 3.63) is 34.3 Å². The summed E-state index contributed by atoms with van der Waals surface area (Å²) in [6.45, 7) is 6.46. The zero-order valence-corrected chi connectivity index (χ0v) is 11.5. The summed E-state index contributed by atoms with van der Waals surface area (Å²) in [5.74, 6) is 0. The number of halogens is 1. The van der Waals surface area contributed by atoms with E-state index < -0.39 is 0 Å². The Labute approximate surface area is 107 Å². The van der Waals surface area contributed by atoms with Gasteiger partial charge in [0.25, 0.3) is 0 Å². The van der Waals surface area contributed by atoms with Crippen molar-refractivity contribution in [3.63, 3.8) is 0 Å². The van der Waals surface area contributed by atoms with E-state index in [1.165, 1.54) is 12.0 Å². The van der Waals surface area contributed by atoms with Crippen LogP contribution < -0.4 is 10.6 Å². The smallest absolute Gasteiger partial charge is 0.0178 e. The molecule has 0 aliphatic carbocycles. The summed E-state index contributed by atoms with van der Waals surface area (Å²) in [6.07, 6.45) is 2.30. The highest BCUT2D eigenvalue weighted by Crippen LogP contribution is 2.11. The standard InChI is InChI=1S/C13H21BrN2/c1-2-7-15-9-10-16-8-6-12-4-3-5-13(14)11-12/h3-5,11,15-16H,2,6-10H2,1H3. The lowest BCUT2D eigenvalue weighted by molar-refractivity contribution is 0.607. The van der Waals surface area contributed by atoms with Gasteiger partial charge in [-0.2, -0.15) is 0 Å². The second kappa shape index (κ2) is 8.74. The molecule has 0 spiro atoms. The van der Waals surface area contributed by atoms with Gasteiger partial charge < -0.3 is 10.6 Å². The quantitative estimate of drug-likeness (QED) is 0.717. The fourth-order valence-corrected chi connectivity index (χ4v) is 1.98. The van der Waals surface area contributed by atoms with Crippen LogP contribution >= 0.6 is 15.9 Å². The highest BCUT2D eigenvalue weighted by Gasteiger charge is 1.93. The summed E-state index contributed by atoms with van der Waals surface area (Å²) in [4.78, 5) is 0. The molecule has 0 amide bonds. The van der Waals surface area contributed by atoms with Crippen LogP contribution in [-0.4, -0.2) is 26.2 Å². The minimum Gasteiger partial charge on any atom is -0.315 e. The fraction of sp³-hybridized carbons (Fsp3) is 0.538. The van der Waals surface area contributed by atoms with Crippen LogP contribution in [0.4, 0.5) is 0 Å². The maximum Gasteiger partial charge on any atom is 0.0178 e. The van der Waals surface area contributed by atoms with Crippen molar-refractivity contribution in [2.75, 3.05) is 26.2 Å². The molecule has 3 heteroatoms. The van der Waals surface area contributed by atoms with Gasteiger partial charge in [-0.25, -0.2) is 0 Å². The number of rotatable bonds is 8. The molecule has 0 saturated heterocycles. The van der Waals surface area contributed by atoms with Crippen LogP contribution in [-0.2, 0) is 6.42 Å². The summed E-state index contributed by atoms with van der Waals surface area (Å²) in [5.41, 5.74) is 1.38. The topological polar surface area (TPSA) is 24.1 Å². The number of hydrogen-bond acceptors (Lipinski definition) is 2. The minimum atomic E-state index is 1.05. The predicted octanol–water partition coefficient (Wildman–Crippen LogP) is 2.58. The molecule has 16 heavy (non-hydrogen) atoms. The van der Waals surface area contributed by atoms with E-state index in [4.69, 9.17) is 0 Å². The molecule has 0 atom stereocenters. The van der Waals surface area contributed by atoms with Crippen LogP contribution in [0, 0.1) is 0 Å². The van der Waals surface area contributed by atoms with Crippen LogP contribution in [0.15, 0.2) is 28.7 Å². The van der Waals surface area contributed by atoms with Crippen molar-refractivity contribution in [2.45, 2.75) is 19.8 Å². The van der Waals surface area contributed by atoms with Gasteiger partial charge in [0, 0.05) is 17.6 Å². The minimum absolute atomic E-state index is 1.05. The van der Waals surface area contributed by atoms with Gasteiger partial charge >= 0.3 is 0 Å². The third-order valence-corrected chi connectivity index (χ3v) is 2.88. The molecule has 0 unspecified atom stereocenters. The first kappa shape index (κ1) is 13.7. The van der Waals surface area contributed by atoms with Crippen LogP contribution in [0.1, 0.15) is 18.9 Å². The number of hydrogen-bond donors (Lipinski definition) is 2. The largest absolute Gasteiger partial charge is 0.315 e. The molecule has 90 valence electrons. The molecule has 0 aliphatic rings. The second-order valence-electron chi connectivity index (χ2n) is 3.88. The highest BCUT2D eigenvalue weighted by atomic mass is 79.9. The van der Waals surface area contributed by atoms with Gasteiger partial charge in [-0.05, 0) is 43.6 Å². The van der Waals surface area contributed by atoms with Crippen LogP contribution in [0.2, 0.25) is 0 Å². The maximum atomic E-state index is 3.48. The van der Waals surface area contributed by atoms with E-state index in [1.54, 1.807) is 0 Å². The van der Waals surface area contributed by atoms with Crippen LogP contribution in [0.5, 0.6) is 0 Å².